The van der Waals surface area contributed by atoms with Crippen LogP contribution in [0.4, 0.5) is 0 Å². The Hall–Kier alpha value is -1.02. The van der Waals surface area contributed by atoms with Gasteiger partial charge in [-0.15, -0.1) is 0 Å². The molecule has 1 saturated carbocycles. The van der Waals surface area contributed by atoms with Crippen LogP contribution in [0.3, 0.4) is 0 Å². The van der Waals surface area contributed by atoms with E-state index in [9.17, 15) is 0 Å². The Bertz CT molecular complexity index is 408. The molecule has 0 saturated heterocycles. The minimum absolute atomic E-state index is 0.381. The van der Waals surface area contributed by atoms with Crippen LogP contribution >= 0.6 is 0 Å². The van der Waals surface area contributed by atoms with Crippen LogP contribution in [0.1, 0.15) is 49.7 Å². The number of fused-ring (bicyclic) bond motifs is 1. The lowest BCUT2D eigenvalue weighted by molar-refractivity contribution is 0.147. The van der Waals surface area contributed by atoms with E-state index in [4.69, 9.17) is 10.5 Å². The van der Waals surface area contributed by atoms with Gasteiger partial charge in [-0.1, -0.05) is 6.07 Å². The van der Waals surface area contributed by atoms with E-state index < -0.39 is 0 Å². The van der Waals surface area contributed by atoms with E-state index in [2.05, 4.69) is 18.2 Å². The Kier molecular flexibility index (Phi) is 3.55. The van der Waals surface area contributed by atoms with Crippen molar-refractivity contribution in [3.8, 4) is 5.75 Å². The Balaban J connectivity index is 1.66. The van der Waals surface area contributed by atoms with Crippen LogP contribution in [0.25, 0.3) is 0 Å². The van der Waals surface area contributed by atoms with Crippen LogP contribution in [0.2, 0.25) is 0 Å². The average Bonchev–Trinajstić information content (AvgIpc) is 2.41. The number of hydrogen-bond donors (Lipinski definition) is 1. The SMILES string of the molecule is NC1CCC(Oc2ccc3c(c2)CCCC3)CC1. The predicted molar refractivity (Wildman–Crippen MR) is 73.9 cm³/mol. The van der Waals surface area contributed by atoms with Crippen LogP contribution in [-0.2, 0) is 12.8 Å². The second-order valence-electron chi connectivity index (χ2n) is 5.79. The first-order valence-electron chi connectivity index (χ1n) is 7.35. The lowest BCUT2D eigenvalue weighted by Crippen LogP contribution is -2.31. The number of benzene rings is 1. The number of rotatable bonds is 2. The van der Waals surface area contributed by atoms with Gasteiger partial charge in [-0.05, 0) is 74.6 Å². The molecule has 0 aliphatic heterocycles. The molecule has 1 aromatic carbocycles. The van der Waals surface area contributed by atoms with E-state index >= 15 is 0 Å². The first kappa shape index (κ1) is 12.0. The Morgan fingerprint density at radius 2 is 1.67 bits per heavy atom. The first-order valence-corrected chi connectivity index (χ1v) is 7.35. The van der Waals surface area contributed by atoms with Crippen molar-refractivity contribution in [2.45, 2.75) is 63.5 Å². The highest BCUT2D eigenvalue weighted by Gasteiger charge is 2.20. The monoisotopic (exact) mass is 245 g/mol. The van der Waals surface area contributed by atoms with Gasteiger partial charge in [0.2, 0.25) is 0 Å². The lowest BCUT2D eigenvalue weighted by Gasteiger charge is -2.27. The molecule has 2 aliphatic carbocycles. The largest absolute Gasteiger partial charge is 0.490 e. The van der Waals surface area contributed by atoms with E-state index in [-0.39, 0.29) is 0 Å². The molecule has 0 heterocycles. The summed E-state index contributed by atoms with van der Waals surface area (Å²) >= 11 is 0. The van der Waals surface area contributed by atoms with E-state index in [0.717, 1.165) is 31.4 Å². The fourth-order valence-corrected chi connectivity index (χ4v) is 3.18. The maximum atomic E-state index is 6.11. The predicted octanol–water partition coefficient (Wildman–Crippen LogP) is 3.21. The van der Waals surface area contributed by atoms with Crippen molar-refractivity contribution in [2.75, 3.05) is 0 Å². The molecular formula is C16H23NO. The van der Waals surface area contributed by atoms with Crippen molar-refractivity contribution in [3.05, 3.63) is 29.3 Å². The molecule has 3 rings (SSSR count). The zero-order valence-electron chi connectivity index (χ0n) is 11.0. The Morgan fingerprint density at radius 3 is 2.44 bits per heavy atom. The molecule has 2 nitrogen and oxygen atoms in total. The zero-order valence-corrected chi connectivity index (χ0v) is 11.0. The third kappa shape index (κ3) is 2.69. The smallest absolute Gasteiger partial charge is 0.120 e. The first-order chi connectivity index (χ1) is 8.81. The van der Waals surface area contributed by atoms with Gasteiger partial charge in [-0.2, -0.15) is 0 Å². The lowest BCUT2D eigenvalue weighted by atomic mass is 9.91. The van der Waals surface area contributed by atoms with E-state index in [1.807, 2.05) is 0 Å². The molecule has 0 bridgehead atoms. The molecule has 0 aromatic heterocycles. The van der Waals surface area contributed by atoms with Gasteiger partial charge >= 0.3 is 0 Å². The summed E-state index contributed by atoms with van der Waals surface area (Å²) in [6, 6.07) is 7.08. The molecule has 98 valence electrons. The maximum absolute atomic E-state index is 6.11. The highest BCUT2D eigenvalue weighted by Crippen LogP contribution is 2.28. The summed E-state index contributed by atoms with van der Waals surface area (Å²) in [6.45, 7) is 0. The van der Waals surface area contributed by atoms with Gasteiger partial charge in [0.05, 0.1) is 6.10 Å². The van der Waals surface area contributed by atoms with Crippen LogP contribution in [0.15, 0.2) is 18.2 Å². The minimum Gasteiger partial charge on any atom is -0.490 e. The molecule has 1 aromatic rings. The van der Waals surface area contributed by atoms with Gasteiger partial charge in [-0.25, -0.2) is 0 Å². The number of ether oxygens (including phenoxy) is 1. The second kappa shape index (κ2) is 5.31. The molecule has 1 fully saturated rings. The zero-order chi connectivity index (χ0) is 12.4. The van der Waals surface area contributed by atoms with Crippen molar-refractivity contribution in [2.24, 2.45) is 5.73 Å². The fourth-order valence-electron chi connectivity index (χ4n) is 3.18. The second-order valence-corrected chi connectivity index (χ2v) is 5.79. The summed E-state index contributed by atoms with van der Waals surface area (Å²) in [5.41, 5.74) is 8.96. The van der Waals surface area contributed by atoms with E-state index in [1.165, 1.54) is 36.8 Å². The van der Waals surface area contributed by atoms with Gasteiger partial charge < -0.3 is 10.5 Å². The minimum atomic E-state index is 0.381. The van der Waals surface area contributed by atoms with E-state index in [1.54, 1.807) is 0 Å². The molecule has 2 heteroatoms. The highest BCUT2D eigenvalue weighted by molar-refractivity contribution is 5.37. The molecule has 0 amide bonds. The van der Waals surface area contributed by atoms with Crippen LogP contribution in [0, 0.1) is 0 Å². The average molecular weight is 245 g/mol. The van der Waals surface area contributed by atoms with Crippen molar-refractivity contribution in [1.29, 1.82) is 0 Å². The van der Waals surface area contributed by atoms with Gasteiger partial charge in [0.15, 0.2) is 0 Å². The van der Waals surface area contributed by atoms with Crippen molar-refractivity contribution >= 4 is 0 Å². The third-order valence-corrected chi connectivity index (χ3v) is 4.34. The molecule has 0 atom stereocenters. The van der Waals surface area contributed by atoms with Crippen molar-refractivity contribution in [3.63, 3.8) is 0 Å². The van der Waals surface area contributed by atoms with E-state index in [0.29, 0.717) is 12.1 Å². The van der Waals surface area contributed by atoms with Crippen LogP contribution in [0.5, 0.6) is 5.75 Å². The van der Waals surface area contributed by atoms with Crippen molar-refractivity contribution < 1.29 is 4.74 Å². The van der Waals surface area contributed by atoms with Gasteiger partial charge in [-0.3, -0.25) is 0 Å². The summed E-state index contributed by atoms with van der Waals surface area (Å²) in [5, 5.41) is 0. The molecule has 2 aliphatic rings. The number of nitrogens with two attached hydrogens (primary N) is 1. The Labute approximate surface area is 110 Å². The summed E-state index contributed by atoms with van der Waals surface area (Å²) in [4.78, 5) is 0. The summed E-state index contributed by atoms with van der Waals surface area (Å²) < 4.78 is 6.11. The standard InChI is InChI=1S/C16H23NO/c17-14-6-9-15(10-7-14)18-16-8-5-12-3-1-2-4-13(12)11-16/h5,8,11,14-15H,1-4,6-7,9-10,17H2. The van der Waals surface area contributed by atoms with Crippen LogP contribution < -0.4 is 10.5 Å². The molecule has 0 spiro atoms. The Morgan fingerprint density at radius 1 is 0.944 bits per heavy atom. The molecule has 18 heavy (non-hydrogen) atoms. The normalized spacial score (nSPS) is 27.6. The maximum Gasteiger partial charge on any atom is 0.120 e. The van der Waals surface area contributed by atoms with Crippen molar-refractivity contribution in [1.82, 2.24) is 0 Å². The van der Waals surface area contributed by atoms with Gasteiger partial charge in [0.25, 0.3) is 0 Å². The molecular weight excluding hydrogens is 222 g/mol. The van der Waals surface area contributed by atoms with Crippen LogP contribution in [-0.4, -0.2) is 12.1 Å². The molecule has 0 unspecified atom stereocenters. The summed E-state index contributed by atoms with van der Waals surface area (Å²) in [7, 11) is 0. The molecule has 2 N–H and O–H groups in total. The topological polar surface area (TPSA) is 35.2 Å². The highest BCUT2D eigenvalue weighted by atomic mass is 16.5. The third-order valence-electron chi connectivity index (χ3n) is 4.34. The summed E-state index contributed by atoms with van der Waals surface area (Å²) in [5.74, 6) is 1.07. The summed E-state index contributed by atoms with van der Waals surface area (Å²) in [6.07, 6.45) is 9.95. The number of aryl methyl sites for hydroxylation is 2. The quantitative estimate of drug-likeness (QED) is 0.868. The van der Waals surface area contributed by atoms with Gasteiger partial charge in [0, 0.05) is 6.04 Å². The fraction of sp³-hybridized carbons (Fsp3) is 0.625. The number of hydrogen-bond acceptors (Lipinski definition) is 2. The van der Waals surface area contributed by atoms with Gasteiger partial charge in [0.1, 0.15) is 5.75 Å². The molecule has 0 radical (unpaired) electrons.